The Balaban J connectivity index is 2.73. The zero-order chi connectivity index (χ0) is 10.6. The van der Waals surface area contributed by atoms with E-state index in [4.69, 9.17) is 10.8 Å². The lowest BCUT2D eigenvalue weighted by molar-refractivity contribution is 0.375. The molecule has 1 atom stereocenters. The van der Waals surface area contributed by atoms with Crippen molar-refractivity contribution in [3.8, 4) is 5.75 Å². The fraction of sp³-hybridized carbons (Fsp3) is 0.455. The van der Waals surface area contributed by atoms with E-state index in [2.05, 4.69) is 4.90 Å². The number of hydrogen-bond acceptors (Lipinski definition) is 3. The number of aromatic hydroxyl groups is 1. The van der Waals surface area contributed by atoms with Gasteiger partial charge in [-0.05, 0) is 31.8 Å². The third-order valence-corrected chi connectivity index (χ3v) is 2.23. The molecule has 1 unspecified atom stereocenters. The van der Waals surface area contributed by atoms with Crippen molar-refractivity contribution in [2.45, 2.75) is 5.92 Å². The number of phenolic OH excluding ortho intramolecular Hbond substituents is 1. The molecule has 0 aliphatic rings. The summed E-state index contributed by atoms with van der Waals surface area (Å²) in [7, 11) is 4.06. The number of hydrogen-bond donors (Lipinski definition) is 2. The van der Waals surface area contributed by atoms with Crippen LogP contribution < -0.4 is 5.73 Å². The second-order valence-corrected chi connectivity index (χ2v) is 3.79. The minimum Gasteiger partial charge on any atom is -0.508 e. The molecule has 0 aliphatic carbocycles. The Hall–Kier alpha value is -1.06. The highest BCUT2D eigenvalue weighted by molar-refractivity contribution is 5.28. The summed E-state index contributed by atoms with van der Waals surface area (Å²) in [4.78, 5) is 2.12. The van der Waals surface area contributed by atoms with Gasteiger partial charge in [-0.2, -0.15) is 0 Å². The molecule has 0 saturated heterocycles. The van der Waals surface area contributed by atoms with Crippen LogP contribution in [0.2, 0.25) is 0 Å². The first kappa shape index (κ1) is 11.0. The molecule has 0 aromatic heterocycles. The van der Waals surface area contributed by atoms with Crippen molar-refractivity contribution in [1.82, 2.24) is 4.90 Å². The fourth-order valence-electron chi connectivity index (χ4n) is 1.50. The lowest BCUT2D eigenvalue weighted by Gasteiger charge is -2.19. The molecule has 1 aromatic carbocycles. The summed E-state index contributed by atoms with van der Waals surface area (Å²) in [6, 6.07) is 7.26. The number of likely N-dealkylation sites (N-methyl/N-ethyl adjacent to an activating group) is 1. The zero-order valence-electron chi connectivity index (χ0n) is 8.77. The van der Waals surface area contributed by atoms with Gasteiger partial charge in [0.15, 0.2) is 0 Å². The number of rotatable bonds is 4. The molecule has 3 nitrogen and oxygen atoms in total. The number of nitrogens with two attached hydrogens (primary N) is 1. The number of phenols is 1. The van der Waals surface area contributed by atoms with Crippen LogP contribution in [0.15, 0.2) is 24.3 Å². The second kappa shape index (κ2) is 4.98. The molecule has 0 radical (unpaired) electrons. The van der Waals surface area contributed by atoms with E-state index in [0.717, 1.165) is 6.54 Å². The minimum atomic E-state index is 0.300. The second-order valence-electron chi connectivity index (χ2n) is 3.79. The quantitative estimate of drug-likeness (QED) is 0.751. The van der Waals surface area contributed by atoms with Gasteiger partial charge in [0.1, 0.15) is 5.75 Å². The summed E-state index contributed by atoms with van der Waals surface area (Å²) in [5.41, 5.74) is 6.88. The Morgan fingerprint density at radius 3 is 2.29 bits per heavy atom. The maximum atomic E-state index is 9.15. The van der Waals surface area contributed by atoms with Crippen LogP contribution in [0.4, 0.5) is 0 Å². The normalized spacial score (nSPS) is 13.1. The van der Waals surface area contributed by atoms with Gasteiger partial charge in [0.2, 0.25) is 0 Å². The summed E-state index contributed by atoms with van der Waals surface area (Å²) in [6.45, 7) is 1.56. The maximum absolute atomic E-state index is 9.15. The molecule has 0 spiro atoms. The largest absolute Gasteiger partial charge is 0.508 e. The molecule has 1 rings (SSSR count). The lowest BCUT2D eigenvalue weighted by atomic mass is 9.99. The van der Waals surface area contributed by atoms with Crippen LogP contribution in [0.1, 0.15) is 11.5 Å². The van der Waals surface area contributed by atoms with Crippen molar-refractivity contribution >= 4 is 0 Å². The third-order valence-electron chi connectivity index (χ3n) is 2.23. The first-order chi connectivity index (χ1) is 6.63. The van der Waals surface area contributed by atoms with Crippen molar-refractivity contribution in [2.75, 3.05) is 27.2 Å². The predicted octanol–water partition coefficient (Wildman–Crippen LogP) is 0.996. The third kappa shape index (κ3) is 3.01. The van der Waals surface area contributed by atoms with E-state index in [1.54, 1.807) is 12.1 Å². The highest BCUT2D eigenvalue weighted by Gasteiger charge is 2.10. The van der Waals surface area contributed by atoms with E-state index < -0.39 is 0 Å². The van der Waals surface area contributed by atoms with E-state index in [1.807, 2.05) is 26.2 Å². The Kier molecular flexibility index (Phi) is 3.92. The molecule has 0 aliphatic heterocycles. The summed E-state index contributed by atoms with van der Waals surface area (Å²) in [6.07, 6.45) is 0. The Labute approximate surface area is 85.2 Å². The van der Waals surface area contributed by atoms with Gasteiger partial charge in [0, 0.05) is 19.0 Å². The molecule has 0 amide bonds. The first-order valence-corrected chi connectivity index (χ1v) is 4.77. The van der Waals surface area contributed by atoms with Crippen molar-refractivity contribution in [1.29, 1.82) is 0 Å². The minimum absolute atomic E-state index is 0.300. The van der Waals surface area contributed by atoms with Crippen LogP contribution >= 0.6 is 0 Å². The van der Waals surface area contributed by atoms with E-state index in [9.17, 15) is 0 Å². The van der Waals surface area contributed by atoms with Gasteiger partial charge in [-0.25, -0.2) is 0 Å². The maximum Gasteiger partial charge on any atom is 0.115 e. The summed E-state index contributed by atoms with van der Waals surface area (Å²) in [5, 5.41) is 9.15. The van der Waals surface area contributed by atoms with Crippen LogP contribution in [0.3, 0.4) is 0 Å². The van der Waals surface area contributed by atoms with Crippen molar-refractivity contribution < 1.29 is 5.11 Å². The Bertz CT molecular complexity index is 269. The average Bonchev–Trinajstić information content (AvgIpc) is 2.15. The monoisotopic (exact) mass is 194 g/mol. The van der Waals surface area contributed by atoms with E-state index in [0.29, 0.717) is 18.2 Å². The molecule has 3 N–H and O–H groups in total. The number of benzene rings is 1. The Morgan fingerprint density at radius 2 is 1.86 bits per heavy atom. The standard InChI is InChI=1S/C11H18N2O/c1-13(2)8-10(7-12)9-3-5-11(14)6-4-9/h3-6,10,14H,7-8,12H2,1-2H3. The Morgan fingerprint density at radius 1 is 1.29 bits per heavy atom. The topological polar surface area (TPSA) is 49.5 Å². The molecule has 0 saturated carbocycles. The van der Waals surface area contributed by atoms with Gasteiger partial charge in [-0.3, -0.25) is 0 Å². The summed E-state index contributed by atoms with van der Waals surface area (Å²) < 4.78 is 0. The van der Waals surface area contributed by atoms with E-state index >= 15 is 0 Å². The SMILES string of the molecule is CN(C)CC(CN)c1ccc(O)cc1. The first-order valence-electron chi connectivity index (χ1n) is 4.77. The molecule has 1 aromatic rings. The molecular weight excluding hydrogens is 176 g/mol. The number of nitrogens with zero attached hydrogens (tertiary/aromatic N) is 1. The smallest absolute Gasteiger partial charge is 0.115 e. The predicted molar refractivity (Wildman–Crippen MR) is 58.5 cm³/mol. The van der Waals surface area contributed by atoms with E-state index in [-0.39, 0.29) is 0 Å². The van der Waals surface area contributed by atoms with Gasteiger partial charge in [0.05, 0.1) is 0 Å². The summed E-state index contributed by atoms with van der Waals surface area (Å²) >= 11 is 0. The van der Waals surface area contributed by atoms with Crippen LogP contribution in [0, 0.1) is 0 Å². The van der Waals surface area contributed by atoms with E-state index in [1.165, 1.54) is 5.56 Å². The molecule has 0 fully saturated rings. The molecular formula is C11H18N2O. The highest BCUT2D eigenvalue weighted by Crippen LogP contribution is 2.18. The van der Waals surface area contributed by atoms with Crippen LogP contribution in [0.5, 0.6) is 5.75 Å². The lowest BCUT2D eigenvalue weighted by Crippen LogP contribution is -2.25. The molecule has 3 heteroatoms. The molecule has 0 bridgehead atoms. The van der Waals surface area contributed by atoms with Crippen LogP contribution in [0.25, 0.3) is 0 Å². The highest BCUT2D eigenvalue weighted by atomic mass is 16.3. The van der Waals surface area contributed by atoms with Gasteiger partial charge < -0.3 is 15.7 Å². The van der Waals surface area contributed by atoms with Crippen LogP contribution in [-0.4, -0.2) is 37.2 Å². The fourth-order valence-corrected chi connectivity index (χ4v) is 1.50. The van der Waals surface area contributed by atoms with Crippen LogP contribution in [-0.2, 0) is 0 Å². The van der Waals surface area contributed by atoms with Gasteiger partial charge in [-0.15, -0.1) is 0 Å². The zero-order valence-corrected chi connectivity index (χ0v) is 8.77. The summed E-state index contributed by atoms with van der Waals surface area (Å²) in [5.74, 6) is 0.639. The molecule has 0 heterocycles. The van der Waals surface area contributed by atoms with Gasteiger partial charge in [0.25, 0.3) is 0 Å². The van der Waals surface area contributed by atoms with Gasteiger partial charge in [-0.1, -0.05) is 12.1 Å². The average molecular weight is 194 g/mol. The van der Waals surface area contributed by atoms with Gasteiger partial charge >= 0.3 is 0 Å². The molecule has 14 heavy (non-hydrogen) atoms. The van der Waals surface area contributed by atoms with Crippen molar-refractivity contribution in [2.24, 2.45) is 5.73 Å². The van der Waals surface area contributed by atoms with Crippen molar-refractivity contribution in [3.05, 3.63) is 29.8 Å². The van der Waals surface area contributed by atoms with Crippen molar-refractivity contribution in [3.63, 3.8) is 0 Å². The molecule has 78 valence electrons.